The number of alkyl halides is 1. The highest BCUT2D eigenvalue weighted by molar-refractivity contribution is 7.89. The van der Waals surface area contributed by atoms with Crippen molar-refractivity contribution in [3.63, 3.8) is 0 Å². The number of nitrogens with zero attached hydrogens (tertiary/aromatic N) is 1. The molecule has 0 unspecified atom stereocenters. The zero-order chi connectivity index (χ0) is 14.5. The summed E-state index contributed by atoms with van der Waals surface area (Å²) >= 11 is 5.85. The molecule has 0 radical (unpaired) electrons. The van der Waals surface area contributed by atoms with E-state index in [0.717, 1.165) is 0 Å². The summed E-state index contributed by atoms with van der Waals surface area (Å²) < 4.78 is 31.6. The largest absolute Gasteiger partial charge is 0.494 e. The van der Waals surface area contributed by atoms with Crippen molar-refractivity contribution in [2.24, 2.45) is 0 Å². The van der Waals surface area contributed by atoms with Gasteiger partial charge in [0.15, 0.2) is 0 Å². The van der Waals surface area contributed by atoms with Gasteiger partial charge in [-0.25, -0.2) is 8.42 Å². The highest BCUT2D eigenvalue weighted by atomic mass is 35.5. The van der Waals surface area contributed by atoms with Gasteiger partial charge < -0.3 is 4.74 Å². The summed E-state index contributed by atoms with van der Waals surface area (Å²) in [5, 5.41) is 0. The average molecular weight is 306 g/mol. The second-order valence-electron chi connectivity index (χ2n) is 3.93. The van der Waals surface area contributed by atoms with Crippen LogP contribution in [0.1, 0.15) is 26.3 Å². The molecule has 0 spiro atoms. The van der Waals surface area contributed by atoms with Crippen LogP contribution in [0.25, 0.3) is 0 Å². The maximum absolute atomic E-state index is 12.4. The molecule has 0 saturated heterocycles. The SMILES string of the molecule is CCOc1ccc(S(=O)(=O)N(CC)CC)cc1CCl. The van der Waals surface area contributed by atoms with Crippen LogP contribution in [0.15, 0.2) is 23.1 Å². The molecule has 1 aromatic rings. The van der Waals surface area contributed by atoms with Crippen LogP contribution in [0.2, 0.25) is 0 Å². The Balaban J connectivity index is 3.22. The minimum atomic E-state index is -3.45. The highest BCUT2D eigenvalue weighted by Gasteiger charge is 2.22. The molecule has 0 amide bonds. The molecule has 0 heterocycles. The molecule has 6 heteroatoms. The van der Waals surface area contributed by atoms with Crippen molar-refractivity contribution in [2.45, 2.75) is 31.5 Å². The second-order valence-corrected chi connectivity index (χ2v) is 6.13. The fraction of sp³-hybridized carbons (Fsp3) is 0.538. The Morgan fingerprint density at radius 1 is 1.21 bits per heavy atom. The van der Waals surface area contributed by atoms with Crippen LogP contribution in [0.4, 0.5) is 0 Å². The first-order valence-electron chi connectivity index (χ1n) is 6.33. The third-order valence-electron chi connectivity index (χ3n) is 2.82. The van der Waals surface area contributed by atoms with E-state index in [1.54, 1.807) is 18.2 Å². The molecule has 0 N–H and O–H groups in total. The molecular formula is C13H20ClNO3S. The third-order valence-corrected chi connectivity index (χ3v) is 5.15. The van der Waals surface area contributed by atoms with Gasteiger partial charge in [-0.1, -0.05) is 13.8 Å². The van der Waals surface area contributed by atoms with Crippen molar-refractivity contribution < 1.29 is 13.2 Å². The van der Waals surface area contributed by atoms with E-state index in [4.69, 9.17) is 16.3 Å². The van der Waals surface area contributed by atoms with Crippen LogP contribution in [0.5, 0.6) is 5.75 Å². The third kappa shape index (κ3) is 3.61. The van der Waals surface area contributed by atoms with Gasteiger partial charge in [0, 0.05) is 18.7 Å². The lowest BCUT2D eigenvalue weighted by Gasteiger charge is -2.19. The number of hydrogen-bond acceptors (Lipinski definition) is 3. The Kier molecular flexibility index (Phi) is 6.10. The molecule has 108 valence electrons. The molecule has 1 aromatic carbocycles. The number of rotatable bonds is 7. The van der Waals surface area contributed by atoms with Gasteiger partial charge in [-0.15, -0.1) is 11.6 Å². The van der Waals surface area contributed by atoms with Crippen molar-refractivity contribution >= 4 is 21.6 Å². The first kappa shape index (κ1) is 16.3. The molecule has 0 bridgehead atoms. The first-order chi connectivity index (χ1) is 9.01. The summed E-state index contributed by atoms with van der Waals surface area (Å²) in [5.74, 6) is 0.854. The summed E-state index contributed by atoms with van der Waals surface area (Å²) in [6.45, 7) is 6.92. The summed E-state index contributed by atoms with van der Waals surface area (Å²) in [4.78, 5) is 0.260. The molecule has 0 aromatic heterocycles. The van der Waals surface area contributed by atoms with Gasteiger partial charge in [0.05, 0.1) is 17.4 Å². The maximum Gasteiger partial charge on any atom is 0.243 e. The van der Waals surface area contributed by atoms with E-state index < -0.39 is 10.0 Å². The topological polar surface area (TPSA) is 46.6 Å². The molecular weight excluding hydrogens is 286 g/mol. The maximum atomic E-state index is 12.4. The summed E-state index contributed by atoms with van der Waals surface area (Å²) in [7, 11) is -3.45. The van der Waals surface area contributed by atoms with Crippen molar-refractivity contribution in [1.29, 1.82) is 0 Å². The van der Waals surface area contributed by atoms with E-state index in [1.165, 1.54) is 4.31 Å². The minimum absolute atomic E-state index is 0.219. The number of sulfonamides is 1. The molecule has 0 aliphatic rings. The number of halogens is 1. The Morgan fingerprint density at radius 3 is 2.32 bits per heavy atom. The van der Waals surface area contributed by atoms with Crippen molar-refractivity contribution in [1.82, 2.24) is 4.31 Å². The monoisotopic (exact) mass is 305 g/mol. The van der Waals surface area contributed by atoms with Crippen LogP contribution in [-0.4, -0.2) is 32.4 Å². The minimum Gasteiger partial charge on any atom is -0.494 e. The smallest absolute Gasteiger partial charge is 0.243 e. The average Bonchev–Trinajstić information content (AvgIpc) is 2.40. The van der Waals surface area contributed by atoms with Gasteiger partial charge in [-0.2, -0.15) is 4.31 Å². The predicted molar refractivity (Wildman–Crippen MR) is 77.3 cm³/mol. The number of benzene rings is 1. The Bertz CT molecular complexity index is 513. The Hall–Kier alpha value is -0.780. The lowest BCUT2D eigenvalue weighted by atomic mass is 10.2. The van der Waals surface area contributed by atoms with E-state index in [-0.39, 0.29) is 10.8 Å². The van der Waals surface area contributed by atoms with Gasteiger partial charge in [0.1, 0.15) is 5.75 Å². The fourth-order valence-corrected chi connectivity index (χ4v) is 3.55. The Labute approximate surface area is 120 Å². The molecule has 1 rings (SSSR count). The molecule has 0 atom stereocenters. The van der Waals surface area contributed by atoms with Crippen molar-refractivity contribution in [2.75, 3.05) is 19.7 Å². The molecule has 0 aliphatic carbocycles. The standard InChI is InChI=1S/C13H20ClNO3S/c1-4-15(5-2)19(16,17)12-7-8-13(18-6-3)11(9-12)10-14/h7-9H,4-6,10H2,1-3H3. The lowest BCUT2D eigenvalue weighted by Crippen LogP contribution is -2.30. The van der Waals surface area contributed by atoms with E-state index in [1.807, 2.05) is 20.8 Å². The van der Waals surface area contributed by atoms with E-state index in [9.17, 15) is 8.42 Å². The predicted octanol–water partition coefficient (Wildman–Crippen LogP) is 2.85. The van der Waals surface area contributed by atoms with E-state index in [2.05, 4.69) is 0 Å². The van der Waals surface area contributed by atoms with Crippen LogP contribution in [0.3, 0.4) is 0 Å². The van der Waals surface area contributed by atoms with E-state index in [0.29, 0.717) is 31.0 Å². The Morgan fingerprint density at radius 2 is 1.84 bits per heavy atom. The van der Waals surface area contributed by atoms with Crippen molar-refractivity contribution in [3.8, 4) is 5.75 Å². The zero-order valence-corrected chi connectivity index (χ0v) is 13.1. The van der Waals surface area contributed by atoms with Crippen molar-refractivity contribution in [3.05, 3.63) is 23.8 Å². The number of hydrogen-bond donors (Lipinski definition) is 0. The lowest BCUT2D eigenvalue weighted by molar-refractivity contribution is 0.337. The normalized spacial score (nSPS) is 11.8. The molecule has 4 nitrogen and oxygen atoms in total. The van der Waals surface area contributed by atoms with Gasteiger partial charge >= 0.3 is 0 Å². The fourth-order valence-electron chi connectivity index (χ4n) is 1.83. The zero-order valence-electron chi connectivity index (χ0n) is 11.5. The van der Waals surface area contributed by atoms with E-state index >= 15 is 0 Å². The molecule has 0 aliphatic heterocycles. The summed E-state index contributed by atoms with van der Waals surface area (Å²) in [6, 6.07) is 4.82. The summed E-state index contributed by atoms with van der Waals surface area (Å²) in [5.41, 5.74) is 0.691. The van der Waals surface area contributed by atoms with Gasteiger partial charge in [0.25, 0.3) is 0 Å². The van der Waals surface area contributed by atoms with Gasteiger partial charge in [-0.3, -0.25) is 0 Å². The number of ether oxygens (including phenoxy) is 1. The quantitative estimate of drug-likeness (QED) is 0.728. The molecule has 19 heavy (non-hydrogen) atoms. The molecule has 0 fully saturated rings. The van der Waals surface area contributed by atoms with Crippen LogP contribution in [0, 0.1) is 0 Å². The second kappa shape index (κ2) is 7.12. The highest BCUT2D eigenvalue weighted by Crippen LogP contribution is 2.26. The first-order valence-corrected chi connectivity index (χ1v) is 8.30. The van der Waals surface area contributed by atoms with Crippen LogP contribution >= 0.6 is 11.6 Å². The van der Waals surface area contributed by atoms with Crippen LogP contribution < -0.4 is 4.74 Å². The van der Waals surface area contributed by atoms with Crippen LogP contribution in [-0.2, 0) is 15.9 Å². The summed E-state index contributed by atoms with van der Waals surface area (Å²) in [6.07, 6.45) is 0. The molecule has 0 saturated carbocycles. The van der Waals surface area contributed by atoms with Gasteiger partial charge in [0.2, 0.25) is 10.0 Å². The van der Waals surface area contributed by atoms with Gasteiger partial charge in [-0.05, 0) is 25.1 Å².